The molecule has 2 aliphatic carbocycles. The number of rotatable bonds is 1. The second-order valence-corrected chi connectivity index (χ2v) is 7.53. The number of aliphatic hydroxyl groups is 2. The highest BCUT2D eigenvalue weighted by Gasteiger charge is 2.63. The van der Waals surface area contributed by atoms with E-state index in [1.807, 2.05) is 6.07 Å². The molecule has 0 spiro atoms. The maximum Gasteiger partial charge on any atom is 0.300 e. The fraction of sp³-hybridized carbons (Fsp3) is 0.632. The number of ether oxygens (including phenoxy) is 1. The van der Waals surface area contributed by atoms with Crippen molar-refractivity contribution in [3.63, 3.8) is 0 Å². The lowest BCUT2D eigenvalue weighted by Gasteiger charge is -2.61. The van der Waals surface area contributed by atoms with E-state index in [9.17, 15) is 15.3 Å². The number of hydrogen-bond acceptors (Lipinski definition) is 6. The first kappa shape index (κ1) is 18.9. The van der Waals surface area contributed by atoms with Crippen molar-refractivity contribution in [2.24, 2.45) is 0 Å². The van der Waals surface area contributed by atoms with Gasteiger partial charge in [-0.1, -0.05) is 6.07 Å². The minimum absolute atomic E-state index is 0.0194. The maximum atomic E-state index is 11.5. The molecule has 1 aliphatic heterocycles. The van der Waals surface area contributed by atoms with Crippen molar-refractivity contribution in [2.45, 2.75) is 62.2 Å². The van der Waals surface area contributed by atoms with Gasteiger partial charge in [0.15, 0.2) is 11.5 Å². The van der Waals surface area contributed by atoms with Gasteiger partial charge < -0.3 is 30.5 Å². The van der Waals surface area contributed by atoms with Crippen molar-refractivity contribution in [1.82, 2.24) is 5.32 Å². The number of carbonyl (C=O) groups is 1. The number of piperidine rings is 1. The van der Waals surface area contributed by atoms with Crippen LogP contribution in [0.3, 0.4) is 0 Å². The molecule has 26 heavy (non-hydrogen) atoms. The zero-order chi connectivity index (χ0) is 19.1. The number of phenolic OH excluding ortho intramolecular Hbond substituents is 1. The predicted molar refractivity (Wildman–Crippen MR) is 94.6 cm³/mol. The van der Waals surface area contributed by atoms with Crippen LogP contribution in [0.5, 0.6) is 11.5 Å². The SMILES string of the molecule is CC(=O)O.COc1ccc2c(c1O)[C@]13CCN[C@@H](C2)[C@]1(O)CC[C@@H](O)C3. The number of aliphatic carboxylic acids is 1. The number of aliphatic hydroxyl groups excluding tert-OH is 1. The molecule has 7 nitrogen and oxygen atoms in total. The molecule has 0 radical (unpaired) electrons. The van der Waals surface area contributed by atoms with E-state index in [2.05, 4.69) is 5.32 Å². The summed E-state index contributed by atoms with van der Waals surface area (Å²) < 4.78 is 5.28. The van der Waals surface area contributed by atoms with Crippen molar-refractivity contribution < 1.29 is 30.0 Å². The van der Waals surface area contributed by atoms with E-state index < -0.39 is 23.1 Å². The largest absolute Gasteiger partial charge is 0.504 e. The first-order valence-electron chi connectivity index (χ1n) is 8.98. The van der Waals surface area contributed by atoms with Gasteiger partial charge in [-0.15, -0.1) is 0 Å². The second kappa shape index (κ2) is 6.72. The molecule has 5 N–H and O–H groups in total. The van der Waals surface area contributed by atoms with Gasteiger partial charge in [-0.25, -0.2) is 0 Å². The Hall–Kier alpha value is -1.83. The Kier molecular flexibility index (Phi) is 4.90. The number of aromatic hydroxyl groups is 1. The third kappa shape index (κ3) is 2.74. The van der Waals surface area contributed by atoms with Crippen LogP contribution in [-0.4, -0.2) is 57.8 Å². The Morgan fingerprint density at radius 3 is 2.69 bits per heavy atom. The lowest BCUT2D eigenvalue weighted by molar-refractivity contribution is -0.146. The summed E-state index contributed by atoms with van der Waals surface area (Å²) in [5.74, 6) is -0.264. The molecule has 0 unspecified atom stereocenters. The lowest BCUT2D eigenvalue weighted by atomic mass is 9.49. The van der Waals surface area contributed by atoms with Gasteiger partial charge in [0.25, 0.3) is 5.97 Å². The molecule has 2 fully saturated rings. The van der Waals surface area contributed by atoms with Crippen LogP contribution in [0.1, 0.15) is 43.7 Å². The summed E-state index contributed by atoms with van der Waals surface area (Å²) in [4.78, 5) is 9.00. The van der Waals surface area contributed by atoms with Crippen LogP contribution in [0, 0.1) is 0 Å². The molecular weight excluding hydrogens is 338 g/mol. The average Bonchev–Trinajstić information content (AvgIpc) is 2.54. The van der Waals surface area contributed by atoms with Crippen LogP contribution >= 0.6 is 0 Å². The monoisotopic (exact) mass is 365 g/mol. The standard InChI is InChI=1S/C17H23NO4.C2H4O2/c1-22-12-3-2-10-8-13-17(21)5-4-11(19)9-16(17,6-7-18-13)14(10)15(12)20;1-2(3)4/h2-3,11,13,18-21H,4-9H2,1H3;1H3,(H,3,4)/t11-,13+,16-,17-;/m1./s1. The van der Waals surface area contributed by atoms with Crippen LogP contribution in [-0.2, 0) is 16.6 Å². The van der Waals surface area contributed by atoms with Crippen LogP contribution in [0.15, 0.2) is 12.1 Å². The Balaban J connectivity index is 0.000000447. The number of carboxylic acid groups (broad SMARTS) is 1. The fourth-order valence-electron chi connectivity index (χ4n) is 5.15. The predicted octanol–water partition coefficient (Wildman–Crippen LogP) is 0.923. The molecule has 1 saturated heterocycles. The number of hydrogen-bond donors (Lipinski definition) is 5. The van der Waals surface area contributed by atoms with E-state index in [4.69, 9.17) is 14.6 Å². The summed E-state index contributed by atoms with van der Waals surface area (Å²) in [6.07, 6.45) is 2.63. The van der Waals surface area contributed by atoms with Crippen molar-refractivity contribution in [3.05, 3.63) is 23.3 Å². The summed E-state index contributed by atoms with van der Waals surface area (Å²) in [6.45, 7) is 1.87. The Labute approximate surface area is 152 Å². The molecule has 1 heterocycles. The van der Waals surface area contributed by atoms with Gasteiger partial charge in [-0.3, -0.25) is 4.79 Å². The smallest absolute Gasteiger partial charge is 0.300 e. The number of nitrogens with one attached hydrogen (secondary N) is 1. The molecular formula is C19H27NO6. The number of fused-ring (bicyclic) bond motifs is 1. The molecule has 1 aromatic rings. The topological polar surface area (TPSA) is 119 Å². The van der Waals surface area contributed by atoms with E-state index in [-0.39, 0.29) is 11.8 Å². The normalized spacial score (nSPS) is 34.6. The summed E-state index contributed by atoms with van der Waals surface area (Å²) in [7, 11) is 1.54. The maximum absolute atomic E-state index is 11.5. The number of phenols is 1. The Morgan fingerprint density at radius 2 is 2.04 bits per heavy atom. The Bertz CT molecular complexity index is 704. The molecule has 3 aliphatic rings. The number of carboxylic acids is 1. The fourth-order valence-corrected chi connectivity index (χ4v) is 5.15. The van der Waals surface area contributed by atoms with E-state index in [0.29, 0.717) is 37.9 Å². The van der Waals surface area contributed by atoms with Gasteiger partial charge in [0.05, 0.1) is 18.8 Å². The molecule has 7 heteroatoms. The van der Waals surface area contributed by atoms with Gasteiger partial charge in [-0.2, -0.15) is 0 Å². The van der Waals surface area contributed by atoms with Crippen LogP contribution < -0.4 is 10.1 Å². The molecule has 144 valence electrons. The molecule has 2 bridgehead atoms. The Morgan fingerprint density at radius 1 is 1.35 bits per heavy atom. The zero-order valence-electron chi connectivity index (χ0n) is 15.2. The first-order valence-corrected chi connectivity index (χ1v) is 8.98. The van der Waals surface area contributed by atoms with Crippen LogP contribution in [0.4, 0.5) is 0 Å². The highest BCUT2D eigenvalue weighted by atomic mass is 16.5. The molecule has 0 aromatic heterocycles. The summed E-state index contributed by atoms with van der Waals surface area (Å²) >= 11 is 0. The van der Waals surface area contributed by atoms with Gasteiger partial charge in [0.1, 0.15) is 0 Å². The van der Waals surface area contributed by atoms with Crippen LogP contribution in [0.25, 0.3) is 0 Å². The van der Waals surface area contributed by atoms with Gasteiger partial charge >= 0.3 is 0 Å². The summed E-state index contributed by atoms with van der Waals surface area (Å²) in [5, 5.41) is 43.4. The van der Waals surface area contributed by atoms with E-state index in [1.165, 1.54) is 7.11 Å². The summed E-state index contributed by atoms with van der Waals surface area (Å²) in [5.41, 5.74) is 0.341. The third-order valence-electron chi connectivity index (χ3n) is 6.14. The zero-order valence-corrected chi connectivity index (χ0v) is 15.2. The van der Waals surface area contributed by atoms with Crippen molar-refractivity contribution >= 4 is 5.97 Å². The van der Waals surface area contributed by atoms with E-state index in [1.54, 1.807) is 6.07 Å². The minimum Gasteiger partial charge on any atom is -0.504 e. The second-order valence-electron chi connectivity index (χ2n) is 7.53. The molecule has 4 atom stereocenters. The molecule has 1 saturated carbocycles. The van der Waals surface area contributed by atoms with Gasteiger partial charge in [-0.05, 0) is 50.3 Å². The summed E-state index contributed by atoms with van der Waals surface area (Å²) in [6, 6.07) is 3.74. The lowest BCUT2D eigenvalue weighted by Crippen LogP contribution is -2.72. The minimum atomic E-state index is -0.915. The van der Waals surface area contributed by atoms with Crippen molar-refractivity contribution in [3.8, 4) is 11.5 Å². The van der Waals surface area contributed by atoms with Gasteiger partial charge in [0.2, 0.25) is 0 Å². The average molecular weight is 365 g/mol. The highest BCUT2D eigenvalue weighted by molar-refractivity contribution is 5.63. The van der Waals surface area contributed by atoms with Gasteiger partial charge in [0, 0.05) is 23.9 Å². The molecule has 0 amide bonds. The number of methoxy groups -OCH3 is 1. The van der Waals surface area contributed by atoms with Crippen molar-refractivity contribution in [1.29, 1.82) is 0 Å². The molecule has 1 aromatic carbocycles. The quantitative estimate of drug-likeness (QED) is 0.502. The number of benzene rings is 1. The van der Waals surface area contributed by atoms with Crippen LogP contribution in [0.2, 0.25) is 0 Å². The first-order chi connectivity index (χ1) is 12.2. The third-order valence-corrected chi connectivity index (χ3v) is 6.14. The molecule has 4 rings (SSSR count). The highest BCUT2D eigenvalue weighted by Crippen LogP contribution is 2.59. The van der Waals surface area contributed by atoms with Crippen molar-refractivity contribution in [2.75, 3.05) is 13.7 Å². The van der Waals surface area contributed by atoms with E-state index >= 15 is 0 Å². The van der Waals surface area contributed by atoms with E-state index in [0.717, 1.165) is 24.6 Å².